The molecule has 0 atom stereocenters. The molecule has 2 aromatic carbocycles. The molecule has 24 heavy (non-hydrogen) atoms. The molecule has 0 unspecified atom stereocenters. The molecule has 0 aliphatic carbocycles. The highest BCUT2D eigenvalue weighted by atomic mass is 16.5. The summed E-state index contributed by atoms with van der Waals surface area (Å²) in [5, 5.41) is 3.19. The SMILES string of the molecule is COc1ccc(CCN(Cc2ccccc2)C(=O)C2CNC2)cc1. The smallest absolute Gasteiger partial charge is 0.228 e. The van der Waals surface area contributed by atoms with E-state index in [2.05, 4.69) is 29.6 Å². The number of rotatable bonds is 7. The third kappa shape index (κ3) is 4.15. The number of benzene rings is 2. The van der Waals surface area contributed by atoms with Crippen LogP contribution in [-0.2, 0) is 17.8 Å². The van der Waals surface area contributed by atoms with Crippen molar-refractivity contribution in [3.05, 3.63) is 65.7 Å². The average molecular weight is 324 g/mol. The lowest BCUT2D eigenvalue weighted by Crippen LogP contribution is -2.52. The van der Waals surface area contributed by atoms with E-state index in [0.717, 1.165) is 31.8 Å². The van der Waals surface area contributed by atoms with Crippen LogP contribution in [-0.4, -0.2) is 37.6 Å². The highest BCUT2D eigenvalue weighted by Gasteiger charge is 2.29. The summed E-state index contributed by atoms with van der Waals surface area (Å²) in [4.78, 5) is 14.7. The molecule has 0 radical (unpaired) electrons. The van der Waals surface area contributed by atoms with E-state index in [9.17, 15) is 4.79 Å². The molecule has 0 aromatic heterocycles. The summed E-state index contributed by atoms with van der Waals surface area (Å²) in [6.45, 7) is 3.00. The zero-order valence-corrected chi connectivity index (χ0v) is 14.1. The molecule has 0 saturated carbocycles. The second-order valence-corrected chi connectivity index (χ2v) is 6.20. The zero-order chi connectivity index (χ0) is 16.8. The number of hydrogen-bond donors (Lipinski definition) is 1. The van der Waals surface area contributed by atoms with Gasteiger partial charge in [0, 0.05) is 26.2 Å². The highest BCUT2D eigenvalue weighted by molar-refractivity contribution is 5.80. The highest BCUT2D eigenvalue weighted by Crippen LogP contribution is 2.15. The summed E-state index contributed by atoms with van der Waals surface area (Å²) < 4.78 is 5.19. The summed E-state index contributed by atoms with van der Waals surface area (Å²) in [7, 11) is 1.67. The molecule has 2 aromatic rings. The number of methoxy groups -OCH3 is 1. The first-order valence-corrected chi connectivity index (χ1v) is 8.42. The van der Waals surface area contributed by atoms with Crippen LogP contribution in [0.25, 0.3) is 0 Å². The number of hydrogen-bond acceptors (Lipinski definition) is 3. The minimum atomic E-state index is 0.129. The fraction of sp³-hybridized carbons (Fsp3) is 0.350. The Morgan fingerprint density at radius 2 is 1.79 bits per heavy atom. The Kier molecular flexibility index (Phi) is 5.49. The maximum absolute atomic E-state index is 12.7. The number of carbonyl (C=O) groups excluding carboxylic acids is 1. The molecule has 1 saturated heterocycles. The molecule has 4 nitrogen and oxygen atoms in total. The van der Waals surface area contributed by atoms with Gasteiger partial charge in [-0.15, -0.1) is 0 Å². The van der Waals surface area contributed by atoms with E-state index >= 15 is 0 Å². The Balaban J connectivity index is 1.65. The van der Waals surface area contributed by atoms with E-state index in [0.29, 0.717) is 6.54 Å². The molecule has 126 valence electrons. The fourth-order valence-corrected chi connectivity index (χ4v) is 2.85. The van der Waals surface area contributed by atoms with Gasteiger partial charge in [-0.3, -0.25) is 4.79 Å². The first kappa shape index (κ1) is 16.5. The predicted octanol–water partition coefficient (Wildman–Crippen LogP) is 2.49. The van der Waals surface area contributed by atoms with E-state index in [4.69, 9.17) is 4.74 Å². The van der Waals surface area contributed by atoms with E-state index in [-0.39, 0.29) is 11.8 Å². The lowest BCUT2D eigenvalue weighted by molar-refractivity contribution is -0.137. The topological polar surface area (TPSA) is 41.6 Å². The fourth-order valence-electron chi connectivity index (χ4n) is 2.85. The molecule has 3 rings (SSSR count). The molecular weight excluding hydrogens is 300 g/mol. The van der Waals surface area contributed by atoms with Crippen LogP contribution in [0.15, 0.2) is 54.6 Å². The van der Waals surface area contributed by atoms with Crippen LogP contribution in [0.2, 0.25) is 0 Å². The molecule has 1 amide bonds. The van der Waals surface area contributed by atoms with Crippen molar-refractivity contribution >= 4 is 5.91 Å². The minimum Gasteiger partial charge on any atom is -0.497 e. The van der Waals surface area contributed by atoms with Gasteiger partial charge in [0.25, 0.3) is 0 Å². The summed E-state index contributed by atoms with van der Waals surface area (Å²) >= 11 is 0. The maximum Gasteiger partial charge on any atom is 0.228 e. The second kappa shape index (κ2) is 7.97. The summed E-state index contributed by atoms with van der Waals surface area (Å²) in [5.41, 5.74) is 2.39. The second-order valence-electron chi connectivity index (χ2n) is 6.20. The number of nitrogens with one attached hydrogen (secondary N) is 1. The van der Waals surface area contributed by atoms with Gasteiger partial charge in [0.2, 0.25) is 5.91 Å². The first-order valence-electron chi connectivity index (χ1n) is 8.42. The van der Waals surface area contributed by atoms with Crippen LogP contribution in [0.4, 0.5) is 0 Å². The van der Waals surface area contributed by atoms with Crippen molar-refractivity contribution in [2.24, 2.45) is 5.92 Å². The maximum atomic E-state index is 12.7. The van der Waals surface area contributed by atoms with Gasteiger partial charge in [-0.05, 0) is 29.7 Å². The van der Waals surface area contributed by atoms with Crippen molar-refractivity contribution in [1.29, 1.82) is 0 Å². The molecule has 1 heterocycles. The normalized spacial score (nSPS) is 14.0. The van der Waals surface area contributed by atoms with E-state index in [1.807, 2.05) is 35.2 Å². The van der Waals surface area contributed by atoms with Gasteiger partial charge >= 0.3 is 0 Å². The Morgan fingerprint density at radius 3 is 2.38 bits per heavy atom. The number of amides is 1. The molecule has 0 bridgehead atoms. The van der Waals surface area contributed by atoms with Crippen LogP contribution in [0.5, 0.6) is 5.75 Å². The van der Waals surface area contributed by atoms with Crippen molar-refractivity contribution < 1.29 is 9.53 Å². The molecule has 4 heteroatoms. The van der Waals surface area contributed by atoms with Gasteiger partial charge in [-0.1, -0.05) is 42.5 Å². The van der Waals surface area contributed by atoms with Crippen LogP contribution in [0.3, 0.4) is 0 Å². The van der Waals surface area contributed by atoms with Crippen LogP contribution < -0.4 is 10.1 Å². The monoisotopic (exact) mass is 324 g/mol. The van der Waals surface area contributed by atoms with E-state index < -0.39 is 0 Å². The first-order chi connectivity index (χ1) is 11.8. The van der Waals surface area contributed by atoms with Gasteiger partial charge in [0.05, 0.1) is 13.0 Å². The largest absolute Gasteiger partial charge is 0.497 e. The molecule has 1 N–H and O–H groups in total. The van der Waals surface area contributed by atoms with Gasteiger partial charge in [-0.2, -0.15) is 0 Å². The zero-order valence-electron chi connectivity index (χ0n) is 14.1. The predicted molar refractivity (Wildman–Crippen MR) is 94.9 cm³/mol. The quantitative estimate of drug-likeness (QED) is 0.851. The Morgan fingerprint density at radius 1 is 1.08 bits per heavy atom. The summed E-state index contributed by atoms with van der Waals surface area (Å²) in [6.07, 6.45) is 0.850. The number of nitrogens with zero attached hydrogens (tertiary/aromatic N) is 1. The Hall–Kier alpha value is -2.33. The van der Waals surface area contributed by atoms with Crippen LogP contribution in [0, 0.1) is 5.92 Å². The van der Waals surface area contributed by atoms with Gasteiger partial charge in [0.1, 0.15) is 5.75 Å². The molecule has 1 fully saturated rings. The van der Waals surface area contributed by atoms with E-state index in [1.54, 1.807) is 7.11 Å². The lowest BCUT2D eigenvalue weighted by Gasteiger charge is -2.32. The summed E-state index contributed by atoms with van der Waals surface area (Å²) in [6, 6.07) is 18.3. The third-order valence-electron chi connectivity index (χ3n) is 4.49. The molecule has 0 spiro atoms. The number of carbonyl (C=O) groups is 1. The van der Waals surface area contributed by atoms with Crippen molar-refractivity contribution in [3.8, 4) is 5.75 Å². The molecular formula is C20H24N2O2. The molecule has 1 aliphatic rings. The Bertz CT molecular complexity index is 651. The van der Waals surface area contributed by atoms with Crippen LogP contribution >= 0.6 is 0 Å². The number of ether oxygens (including phenoxy) is 1. The summed E-state index contributed by atoms with van der Waals surface area (Å²) in [5.74, 6) is 1.24. The minimum absolute atomic E-state index is 0.129. The third-order valence-corrected chi connectivity index (χ3v) is 4.49. The van der Waals surface area contributed by atoms with Crippen LogP contribution in [0.1, 0.15) is 11.1 Å². The van der Waals surface area contributed by atoms with Gasteiger partial charge in [-0.25, -0.2) is 0 Å². The van der Waals surface area contributed by atoms with Gasteiger partial charge in [0.15, 0.2) is 0 Å². The standard InChI is InChI=1S/C20H24N2O2/c1-24-19-9-7-16(8-10-19)11-12-22(20(23)18-13-21-14-18)15-17-5-3-2-4-6-17/h2-10,18,21H,11-15H2,1H3. The van der Waals surface area contributed by atoms with Crippen molar-refractivity contribution in [1.82, 2.24) is 10.2 Å². The van der Waals surface area contributed by atoms with E-state index in [1.165, 1.54) is 11.1 Å². The van der Waals surface area contributed by atoms with Crippen molar-refractivity contribution in [2.45, 2.75) is 13.0 Å². The average Bonchev–Trinajstić information content (AvgIpc) is 2.58. The molecule has 1 aliphatic heterocycles. The van der Waals surface area contributed by atoms with Crippen molar-refractivity contribution in [3.63, 3.8) is 0 Å². The Labute approximate surface area is 143 Å². The van der Waals surface area contributed by atoms with Gasteiger partial charge < -0.3 is 15.0 Å². The lowest BCUT2D eigenvalue weighted by atomic mass is 10.0. The van der Waals surface area contributed by atoms with Crippen molar-refractivity contribution in [2.75, 3.05) is 26.7 Å².